The summed E-state index contributed by atoms with van der Waals surface area (Å²) < 4.78 is 5.59. The van der Waals surface area contributed by atoms with Crippen LogP contribution in [0.1, 0.15) is 25.3 Å². The van der Waals surface area contributed by atoms with Gasteiger partial charge in [0.15, 0.2) is 6.10 Å². The second-order valence-electron chi connectivity index (χ2n) is 6.08. The van der Waals surface area contributed by atoms with Gasteiger partial charge in [0, 0.05) is 24.3 Å². The zero-order chi connectivity index (χ0) is 18.5. The zero-order valence-corrected chi connectivity index (χ0v) is 14.4. The second-order valence-corrected chi connectivity index (χ2v) is 6.08. The molecule has 0 spiro atoms. The predicted molar refractivity (Wildman–Crippen MR) is 97.9 cm³/mol. The number of amides is 2. The van der Waals surface area contributed by atoms with Crippen molar-refractivity contribution in [2.45, 2.75) is 25.9 Å². The summed E-state index contributed by atoms with van der Waals surface area (Å²) in [5, 5.41) is 11.6. The van der Waals surface area contributed by atoms with Crippen molar-refractivity contribution in [1.29, 1.82) is 5.26 Å². The van der Waals surface area contributed by atoms with Crippen molar-refractivity contribution in [2.75, 3.05) is 16.8 Å². The number of nitrogens with zero attached hydrogens (tertiary/aromatic N) is 2. The van der Waals surface area contributed by atoms with Gasteiger partial charge in [-0.3, -0.25) is 9.59 Å². The van der Waals surface area contributed by atoms with E-state index >= 15 is 0 Å². The maximum absolute atomic E-state index is 12.3. The van der Waals surface area contributed by atoms with E-state index in [4.69, 9.17) is 10.00 Å². The van der Waals surface area contributed by atoms with Crippen LogP contribution in [0.3, 0.4) is 0 Å². The Bertz CT molecular complexity index is 838. The number of hydrogen-bond acceptors (Lipinski definition) is 4. The summed E-state index contributed by atoms with van der Waals surface area (Å²) in [6.45, 7) is 2.39. The minimum atomic E-state index is -0.692. The summed E-state index contributed by atoms with van der Waals surface area (Å²) in [6, 6.07) is 15.8. The van der Waals surface area contributed by atoms with Gasteiger partial charge in [-0.15, -0.1) is 0 Å². The number of anilines is 2. The maximum Gasteiger partial charge on any atom is 0.265 e. The van der Waals surface area contributed by atoms with E-state index in [9.17, 15) is 9.59 Å². The first-order valence-electron chi connectivity index (χ1n) is 8.45. The first-order chi connectivity index (χ1) is 12.6. The number of nitriles is 1. The van der Waals surface area contributed by atoms with Gasteiger partial charge in [-0.1, -0.05) is 0 Å². The molecule has 0 aromatic heterocycles. The van der Waals surface area contributed by atoms with Gasteiger partial charge in [-0.25, -0.2) is 0 Å². The SMILES string of the molecule is C[C@H](Oc1ccc(C#N)cc1)C(=O)Nc1ccc(N2CCCC2=O)cc1. The van der Waals surface area contributed by atoms with E-state index < -0.39 is 6.10 Å². The molecule has 2 aromatic rings. The van der Waals surface area contributed by atoms with Crippen LogP contribution < -0.4 is 15.0 Å². The van der Waals surface area contributed by atoms with Crippen molar-refractivity contribution in [2.24, 2.45) is 0 Å². The molecule has 6 nitrogen and oxygen atoms in total. The van der Waals surface area contributed by atoms with Crippen LogP contribution in [0.15, 0.2) is 48.5 Å². The molecule has 1 aliphatic heterocycles. The van der Waals surface area contributed by atoms with Gasteiger partial charge in [0.05, 0.1) is 11.6 Å². The molecule has 6 heteroatoms. The molecule has 0 aliphatic carbocycles. The maximum atomic E-state index is 12.3. The summed E-state index contributed by atoms with van der Waals surface area (Å²) in [5.41, 5.74) is 2.01. The van der Waals surface area contributed by atoms with Crippen LogP contribution in [0.4, 0.5) is 11.4 Å². The van der Waals surface area contributed by atoms with E-state index in [2.05, 4.69) is 5.32 Å². The third kappa shape index (κ3) is 4.01. The third-order valence-corrected chi connectivity index (χ3v) is 4.19. The number of benzene rings is 2. The molecule has 0 radical (unpaired) electrons. The van der Waals surface area contributed by atoms with Crippen molar-refractivity contribution in [3.05, 3.63) is 54.1 Å². The van der Waals surface area contributed by atoms with Gasteiger partial charge in [-0.2, -0.15) is 5.26 Å². The largest absolute Gasteiger partial charge is 0.481 e. The number of rotatable bonds is 5. The highest BCUT2D eigenvalue weighted by Gasteiger charge is 2.21. The lowest BCUT2D eigenvalue weighted by atomic mass is 10.2. The van der Waals surface area contributed by atoms with E-state index in [1.54, 1.807) is 48.2 Å². The van der Waals surface area contributed by atoms with Gasteiger partial charge in [0.1, 0.15) is 5.75 Å². The number of carbonyl (C=O) groups is 2. The van der Waals surface area contributed by atoms with Crippen LogP contribution in [0.5, 0.6) is 5.75 Å². The van der Waals surface area contributed by atoms with E-state index in [-0.39, 0.29) is 11.8 Å². The molecule has 26 heavy (non-hydrogen) atoms. The van der Waals surface area contributed by atoms with Crippen molar-refractivity contribution < 1.29 is 14.3 Å². The molecule has 1 aliphatic rings. The third-order valence-electron chi connectivity index (χ3n) is 4.19. The van der Waals surface area contributed by atoms with Crippen LogP contribution in [-0.2, 0) is 9.59 Å². The Morgan fingerprint density at radius 1 is 1.19 bits per heavy atom. The number of nitrogens with one attached hydrogen (secondary N) is 1. The second kappa shape index (κ2) is 7.70. The summed E-state index contributed by atoms with van der Waals surface area (Å²) in [4.78, 5) is 25.8. The lowest BCUT2D eigenvalue weighted by Crippen LogP contribution is -2.30. The summed E-state index contributed by atoms with van der Waals surface area (Å²) in [7, 11) is 0. The molecule has 2 amide bonds. The molecule has 1 fully saturated rings. The lowest BCUT2D eigenvalue weighted by molar-refractivity contribution is -0.122. The molecule has 0 unspecified atom stereocenters. The Balaban J connectivity index is 1.58. The van der Waals surface area contributed by atoms with Gasteiger partial charge >= 0.3 is 0 Å². The highest BCUT2D eigenvalue weighted by Crippen LogP contribution is 2.23. The molecular weight excluding hydrogens is 330 g/mol. The monoisotopic (exact) mass is 349 g/mol. The van der Waals surface area contributed by atoms with Gasteiger partial charge in [0.25, 0.3) is 5.91 Å². The molecule has 132 valence electrons. The molecule has 1 heterocycles. The highest BCUT2D eigenvalue weighted by atomic mass is 16.5. The van der Waals surface area contributed by atoms with Crippen LogP contribution >= 0.6 is 0 Å². The average molecular weight is 349 g/mol. The topological polar surface area (TPSA) is 82.4 Å². The highest BCUT2D eigenvalue weighted by molar-refractivity contribution is 5.96. The fourth-order valence-electron chi connectivity index (χ4n) is 2.76. The van der Waals surface area contributed by atoms with Crippen LogP contribution in [0, 0.1) is 11.3 Å². The molecule has 1 N–H and O–H groups in total. The first-order valence-corrected chi connectivity index (χ1v) is 8.45. The van der Waals surface area contributed by atoms with Crippen molar-refractivity contribution in [3.8, 4) is 11.8 Å². The Labute approximate surface area is 152 Å². The van der Waals surface area contributed by atoms with Crippen molar-refractivity contribution in [1.82, 2.24) is 0 Å². The van der Waals surface area contributed by atoms with E-state index in [0.29, 0.717) is 23.4 Å². The average Bonchev–Trinajstić information content (AvgIpc) is 3.09. The molecule has 1 atom stereocenters. The van der Waals surface area contributed by atoms with Crippen LogP contribution in [-0.4, -0.2) is 24.5 Å². The predicted octanol–water partition coefficient (Wildman–Crippen LogP) is 3.09. The minimum Gasteiger partial charge on any atom is -0.481 e. The first kappa shape index (κ1) is 17.5. The summed E-state index contributed by atoms with van der Waals surface area (Å²) in [5.74, 6) is 0.375. The Kier molecular flexibility index (Phi) is 5.18. The molecule has 0 saturated carbocycles. The molecule has 1 saturated heterocycles. The lowest BCUT2D eigenvalue weighted by Gasteiger charge is -2.17. The van der Waals surface area contributed by atoms with E-state index in [0.717, 1.165) is 18.7 Å². The van der Waals surface area contributed by atoms with Gasteiger partial charge in [0.2, 0.25) is 5.91 Å². The summed E-state index contributed by atoms with van der Waals surface area (Å²) in [6.07, 6.45) is 0.771. The molecular formula is C20H19N3O3. The fraction of sp³-hybridized carbons (Fsp3) is 0.250. The summed E-state index contributed by atoms with van der Waals surface area (Å²) >= 11 is 0. The van der Waals surface area contributed by atoms with Crippen molar-refractivity contribution >= 4 is 23.2 Å². The molecule has 2 aromatic carbocycles. The minimum absolute atomic E-state index is 0.131. The molecule has 0 bridgehead atoms. The normalized spacial score (nSPS) is 14.6. The number of hydrogen-bond donors (Lipinski definition) is 1. The Hall–Kier alpha value is -3.33. The Morgan fingerprint density at radius 3 is 2.46 bits per heavy atom. The smallest absolute Gasteiger partial charge is 0.265 e. The van der Waals surface area contributed by atoms with E-state index in [1.165, 1.54) is 0 Å². The van der Waals surface area contributed by atoms with Gasteiger partial charge in [-0.05, 0) is 61.9 Å². The van der Waals surface area contributed by atoms with Crippen LogP contribution in [0.25, 0.3) is 0 Å². The Morgan fingerprint density at radius 2 is 1.88 bits per heavy atom. The number of carbonyl (C=O) groups excluding carboxylic acids is 2. The standard InChI is InChI=1S/C20H19N3O3/c1-14(26-18-10-4-15(13-21)5-11-18)20(25)22-16-6-8-17(9-7-16)23-12-2-3-19(23)24/h4-11,14H,2-3,12H2,1H3,(H,22,25)/t14-/m0/s1. The van der Waals surface area contributed by atoms with Crippen LogP contribution in [0.2, 0.25) is 0 Å². The molecule has 3 rings (SSSR count). The van der Waals surface area contributed by atoms with E-state index in [1.807, 2.05) is 18.2 Å². The zero-order valence-electron chi connectivity index (χ0n) is 14.4. The van der Waals surface area contributed by atoms with Crippen molar-refractivity contribution in [3.63, 3.8) is 0 Å². The van der Waals surface area contributed by atoms with Gasteiger partial charge < -0.3 is 15.0 Å². The quantitative estimate of drug-likeness (QED) is 0.899. The number of ether oxygens (including phenoxy) is 1. The fourth-order valence-corrected chi connectivity index (χ4v) is 2.76.